The van der Waals surface area contributed by atoms with Crippen LogP contribution in [0.3, 0.4) is 0 Å². The summed E-state index contributed by atoms with van der Waals surface area (Å²) >= 11 is 0. The second kappa shape index (κ2) is 9.73. The van der Waals surface area contributed by atoms with Crippen LogP contribution in [0.1, 0.15) is 53.5 Å². The molecule has 2 aromatic carbocycles. The van der Waals surface area contributed by atoms with Crippen LogP contribution in [0.4, 0.5) is 5.69 Å². The van der Waals surface area contributed by atoms with Gasteiger partial charge < -0.3 is 10.2 Å². The van der Waals surface area contributed by atoms with Gasteiger partial charge in [-0.3, -0.25) is 9.59 Å². The molecule has 1 aromatic heterocycles. The Hall–Kier alpha value is -3.54. The average Bonchev–Trinajstić information content (AvgIpc) is 2.83. The van der Waals surface area contributed by atoms with Crippen molar-refractivity contribution in [3.05, 3.63) is 77.4 Å². The first-order valence-corrected chi connectivity index (χ1v) is 11.1. The number of carbonyl (C=O) groups is 2. The minimum absolute atomic E-state index is 0.108. The van der Waals surface area contributed by atoms with Crippen molar-refractivity contribution in [3.63, 3.8) is 0 Å². The molecule has 4 rings (SSSR count). The van der Waals surface area contributed by atoms with E-state index < -0.39 is 0 Å². The molecule has 0 bridgehead atoms. The molecule has 0 saturated carbocycles. The van der Waals surface area contributed by atoms with E-state index in [1.165, 1.54) is 5.56 Å². The van der Waals surface area contributed by atoms with E-state index in [0.29, 0.717) is 25.1 Å². The summed E-state index contributed by atoms with van der Waals surface area (Å²) in [5.41, 5.74) is 5.25. The van der Waals surface area contributed by atoms with Crippen molar-refractivity contribution in [1.29, 1.82) is 0 Å². The van der Waals surface area contributed by atoms with Gasteiger partial charge in [0.25, 0.3) is 5.91 Å². The van der Waals surface area contributed by atoms with Crippen LogP contribution in [-0.2, 0) is 17.8 Å². The standard InChI is InChI=1S/C26H28N4O2/c1-3-24-27-15-19(16-28-24)17-29-26(32)22-12-21(20-9-7-18(2)8-10-20)13-23(14-22)30-11-5-4-6-25(30)31/h7-10,12-16H,3-6,11,17H2,1-2H3,(H,29,32). The number of nitrogens with zero attached hydrogens (tertiary/aromatic N) is 3. The van der Waals surface area contributed by atoms with Gasteiger partial charge in [0.1, 0.15) is 5.82 Å². The lowest BCUT2D eigenvalue weighted by molar-refractivity contribution is -0.119. The zero-order chi connectivity index (χ0) is 22.5. The van der Waals surface area contributed by atoms with Crippen LogP contribution < -0.4 is 10.2 Å². The molecule has 6 heteroatoms. The number of carbonyl (C=O) groups excluding carboxylic acids is 2. The molecule has 0 unspecified atom stereocenters. The fourth-order valence-electron chi connectivity index (χ4n) is 3.83. The fourth-order valence-corrected chi connectivity index (χ4v) is 3.83. The summed E-state index contributed by atoms with van der Waals surface area (Å²) in [7, 11) is 0. The quantitative estimate of drug-likeness (QED) is 0.629. The van der Waals surface area contributed by atoms with Crippen molar-refractivity contribution in [2.75, 3.05) is 11.4 Å². The Bertz CT molecular complexity index is 1110. The van der Waals surface area contributed by atoms with E-state index >= 15 is 0 Å². The fraction of sp³-hybridized carbons (Fsp3) is 0.308. The van der Waals surface area contributed by atoms with Crippen LogP contribution >= 0.6 is 0 Å². The molecule has 2 heterocycles. The van der Waals surface area contributed by atoms with Gasteiger partial charge in [0.2, 0.25) is 5.91 Å². The number of nitrogens with one attached hydrogen (secondary N) is 1. The molecule has 32 heavy (non-hydrogen) atoms. The first kappa shape index (κ1) is 21.7. The predicted octanol–water partition coefficient (Wildman–Crippen LogP) is 4.46. The lowest BCUT2D eigenvalue weighted by Gasteiger charge is -2.27. The van der Waals surface area contributed by atoms with Crippen LogP contribution in [0.5, 0.6) is 0 Å². The van der Waals surface area contributed by atoms with Gasteiger partial charge in [-0.2, -0.15) is 0 Å². The molecule has 6 nitrogen and oxygen atoms in total. The van der Waals surface area contributed by atoms with Crippen LogP contribution in [0.2, 0.25) is 0 Å². The lowest BCUT2D eigenvalue weighted by Crippen LogP contribution is -2.35. The third kappa shape index (κ3) is 5.02. The van der Waals surface area contributed by atoms with Crippen LogP contribution in [0.25, 0.3) is 11.1 Å². The number of benzene rings is 2. The van der Waals surface area contributed by atoms with E-state index in [9.17, 15) is 9.59 Å². The molecule has 0 spiro atoms. The summed E-state index contributed by atoms with van der Waals surface area (Å²) in [6.45, 7) is 5.07. The monoisotopic (exact) mass is 428 g/mol. The predicted molar refractivity (Wildman–Crippen MR) is 125 cm³/mol. The molecule has 0 atom stereocenters. The molecule has 3 aromatic rings. The molecule has 1 N–H and O–H groups in total. The van der Waals surface area contributed by atoms with E-state index in [4.69, 9.17) is 0 Å². The number of hydrogen-bond acceptors (Lipinski definition) is 4. The highest BCUT2D eigenvalue weighted by Crippen LogP contribution is 2.29. The van der Waals surface area contributed by atoms with Crippen molar-refractivity contribution in [2.45, 2.75) is 46.1 Å². The Balaban J connectivity index is 1.62. The van der Waals surface area contributed by atoms with E-state index in [1.807, 2.05) is 56.3 Å². The second-order valence-electron chi connectivity index (χ2n) is 8.18. The topological polar surface area (TPSA) is 75.2 Å². The van der Waals surface area contributed by atoms with Crippen molar-refractivity contribution >= 4 is 17.5 Å². The van der Waals surface area contributed by atoms with Gasteiger partial charge in [0, 0.05) is 55.1 Å². The van der Waals surface area contributed by atoms with Crippen LogP contribution in [0, 0.1) is 6.92 Å². The van der Waals surface area contributed by atoms with Gasteiger partial charge in [-0.25, -0.2) is 9.97 Å². The van der Waals surface area contributed by atoms with Crippen molar-refractivity contribution < 1.29 is 9.59 Å². The Morgan fingerprint density at radius 1 is 1.03 bits per heavy atom. The third-order valence-electron chi connectivity index (χ3n) is 5.73. The van der Waals surface area contributed by atoms with Gasteiger partial charge in [-0.05, 0) is 49.1 Å². The number of anilines is 1. The van der Waals surface area contributed by atoms with Crippen LogP contribution in [-0.4, -0.2) is 28.3 Å². The SMILES string of the molecule is CCc1ncc(CNC(=O)c2cc(-c3ccc(C)cc3)cc(N3CCCCC3=O)c2)cn1. The number of hydrogen-bond donors (Lipinski definition) is 1. The van der Waals surface area contributed by atoms with Gasteiger partial charge in [-0.1, -0.05) is 36.8 Å². The number of aryl methyl sites for hydroxylation is 2. The largest absolute Gasteiger partial charge is 0.348 e. The minimum atomic E-state index is -0.191. The van der Waals surface area contributed by atoms with Gasteiger partial charge in [-0.15, -0.1) is 0 Å². The van der Waals surface area contributed by atoms with E-state index in [-0.39, 0.29) is 11.8 Å². The Kier molecular flexibility index (Phi) is 6.59. The normalized spacial score (nSPS) is 13.8. The Morgan fingerprint density at radius 2 is 1.78 bits per heavy atom. The Labute approximate surface area is 188 Å². The molecular weight excluding hydrogens is 400 g/mol. The first-order valence-electron chi connectivity index (χ1n) is 11.1. The highest BCUT2D eigenvalue weighted by atomic mass is 16.2. The maximum atomic E-state index is 13.0. The van der Waals surface area contributed by atoms with E-state index in [2.05, 4.69) is 15.3 Å². The summed E-state index contributed by atoms with van der Waals surface area (Å²) in [4.78, 5) is 36.0. The maximum Gasteiger partial charge on any atom is 0.251 e. The molecular formula is C26H28N4O2. The van der Waals surface area contributed by atoms with Crippen molar-refractivity contribution in [2.24, 2.45) is 0 Å². The third-order valence-corrected chi connectivity index (χ3v) is 5.73. The van der Waals surface area contributed by atoms with Crippen molar-refractivity contribution in [1.82, 2.24) is 15.3 Å². The molecule has 1 fully saturated rings. The summed E-state index contributed by atoms with van der Waals surface area (Å²) < 4.78 is 0. The molecule has 0 aliphatic carbocycles. The van der Waals surface area contributed by atoms with Crippen LogP contribution in [0.15, 0.2) is 54.9 Å². The number of aromatic nitrogens is 2. The number of rotatable bonds is 6. The summed E-state index contributed by atoms with van der Waals surface area (Å²) in [6, 6.07) is 13.9. The van der Waals surface area contributed by atoms with E-state index in [1.54, 1.807) is 17.3 Å². The molecule has 0 radical (unpaired) electrons. The molecule has 1 aliphatic rings. The molecule has 1 saturated heterocycles. The smallest absolute Gasteiger partial charge is 0.251 e. The average molecular weight is 429 g/mol. The van der Waals surface area contributed by atoms with Gasteiger partial charge in [0.05, 0.1) is 0 Å². The van der Waals surface area contributed by atoms with E-state index in [0.717, 1.165) is 47.5 Å². The zero-order valence-corrected chi connectivity index (χ0v) is 18.6. The second-order valence-corrected chi connectivity index (χ2v) is 8.18. The lowest BCUT2D eigenvalue weighted by atomic mass is 9.99. The molecule has 1 aliphatic heterocycles. The zero-order valence-electron chi connectivity index (χ0n) is 18.6. The van der Waals surface area contributed by atoms with Gasteiger partial charge >= 0.3 is 0 Å². The first-order chi connectivity index (χ1) is 15.5. The Morgan fingerprint density at radius 3 is 2.47 bits per heavy atom. The van der Waals surface area contributed by atoms with Gasteiger partial charge in [0.15, 0.2) is 0 Å². The minimum Gasteiger partial charge on any atom is -0.348 e. The molecule has 164 valence electrons. The highest BCUT2D eigenvalue weighted by molar-refractivity contribution is 6.00. The summed E-state index contributed by atoms with van der Waals surface area (Å²) in [5, 5.41) is 2.96. The van der Waals surface area contributed by atoms with Crippen molar-refractivity contribution in [3.8, 4) is 11.1 Å². The molecule has 2 amide bonds. The summed E-state index contributed by atoms with van der Waals surface area (Å²) in [5.74, 6) is 0.697. The number of piperidine rings is 1. The number of amides is 2. The maximum absolute atomic E-state index is 13.0. The highest BCUT2D eigenvalue weighted by Gasteiger charge is 2.21. The summed E-state index contributed by atoms with van der Waals surface area (Å²) in [6.07, 6.45) is 6.69.